The minimum atomic E-state index is 0.277. The molecule has 0 aliphatic carbocycles. The van der Waals surface area contributed by atoms with Crippen molar-refractivity contribution in [1.29, 1.82) is 0 Å². The van der Waals surface area contributed by atoms with Gasteiger partial charge in [0.1, 0.15) is 0 Å². The molecule has 2 rings (SSSR count). The minimum Gasteiger partial charge on any atom is -0.378 e. The zero-order valence-electron chi connectivity index (χ0n) is 14.0. The molecule has 1 aliphatic heterocycles. The fourth-order valence-corrected chi connectivity index (χ4v) is 3.07. The number of carbonyl (C=O) groups is 1. The van der Waals surface area contributed by atoms with Crippen LogP contribution in [0.2, 0.25) is 0 Å². The summed E-state index contributed by atoms with van der Waals surface area (Å²) in [6.45, 7) is 8.28. The van der Waals surface area contributed by atoms with Gasteiger partial charge in [-0.25, -0.2) is 0 Å². The van der Waals surface area contributed by atoms with Crippen LogP contribution in [0.1, 0.15) is 54.9 Å². The van der Waals surface area contributed by atoms with Gasteiger partial charge < -0.3 is 9.64 Å². The number of rotatable bonds is 8. The average molecular weight is 303 g/mol. The van der Waals surface area contributed by atoms with Gasteiger partial charge in [-0.3, -0.25) is 4.79 Å². The van der Waals surface area contributed by atoms with E-state index in [9.17, 15) is 4.79 Å². The molecule has 0 radical (unpaired) electrons. The SMILES string of the molecule is CCCOC1CCN(CCCC(=O)c2ccccc2C)CC1. The number of carbonyl (C=O) groups excluding carboxylic acids is 1. The number of hydrogen-bond acceptors (Lipinski definition) is 3. The third-order valence-electron chi connectivity index (χ3n) is 4.42. The number of hydrogen-bond donors (Lipinski definition) is 0. The molecule has 1 fully saturated rings. The molecule has 3 heteroatoms. The molecule has 0 aromatic heterocycles. The van der Waals surface area contributed by atoms with Gasteiger partial charge in [-0.1, -0.05) is 31.2 Å². The zero-order chi connectivity index (χ0) is 15.8. The standard InChI is InChI=1S/C19H29NO2/c1-3-15-22-17-10-13-20(14-11-17)12-6-9-19(21)18-8-5-4-7-16(18)2/h4-5,7-8,17H,3,6,9-15H2,1-2H3. The molecule has 0 N–H and O–H groups in total. The zero-order valence-corrected chi connectivity index (χ0v) is 14.0. The first-order chi connectivity index (χ1) is 10.7. The van der Waals surface area contributed by atoms with Crippen LogP contribution in [0.25, 0.3) is 0 Å². The van der Waals surface area contributed by atoms with E-state index in [-0.39, 0.29) is 5.78 Å². The van der Waals surface area contributed by atoms with Gasteiger partial charge in [0.05, 0.1) is 6.10 Å². The van der Waals surface area contributed by atoms with Crippen molar-refractivity contribution in [1.82, 2.24) is 4.90 Å². The van der Waals surface area contributed by atoms with Gasteiger partial charge >= 0.3 is 0 Å². The maximum atomic E-state index is 12.2. The average Bonchev–Trinajstić information content (AvgIpc) is 2.54. The predicted molar refractivity (Wildman–Crippen MR) is 90.4 cm³/mol. The quantitative estimate of drug-likeness (QED) is 0.683. The molecule has 22 heavy (non-hydrogen) atoms. The van der Waals surface area contributed by atoms with Gasteiger partial charge in [0.25, 0.3) is 0 Å². The molecule has 1 heterocycles. The van der Waals surface area contributed by atoms with E-state index >= 15 is 0 Å². The first kappa shape index (κ1) is 17.2. The minimum absolute atomic E-state index is 0.277. The Morgan fingerprint density at radius 3 is 2.68 bits per heavy atom. The van der Waals surface area contributed by atoms with E-state index < -0.39 is 0 Å². The largest absolute Gasteiger partial charge is 0.378 e. The monoisotopic (exact) mass is 303 g/mol. The van der Waals surface area contributed by atoms with Crippen LogP contribution < -0.4 is 0 Å². The van der Waals surface area contributed by atoms with E-state index in [4.69, 9.17) is 4.74 Å². The summed E-state index contributed by atoms with van der Waals surface area (Å²) in [7, 11) is 0. The summed E-state index contributed by atoms with van der Waals surface area (Å²) in [6.07, 6.45) is 5.41. The summed E-state index contributed by atoms with van der Waals surface area (Å²) in [6, 6.07) is 7.88. The molecule has 1 saturated heterocycles. The Balaban J connectivity index is 1.65. The number of Topliss-reactive ketones (excluding diaryl/α,β-unsaturated/α-hetero) is 1. The molecule has 0 saturated carbocycles. The molecule has 1 aromatic carbocycles. The lowest BCUT2D eigenvalue weighted by Crippen LogP contribution is -2.37. The smallest absolute Gasteiger partial charge is 0.163 e. The van der Waals surface area contributed by atoms with Gasteiger partial charge in [0, 0.05) is 31.7 Å². The van der Waals surface area contributed by atoms with Gasteiger partial charge in [-0.2, -0.15) is 0 Å². The van der Waals surface area contributed by atoms with Crippen LogP contribution in [0, 0.1) is 6.92 Å². The lowest BCUT2D eigenvalue weighted by molar-refractivity contribution is 0.00768. The normalized spacial score (nSPS) is 16.8. The second kappa shape index (κ2) is 9.06. The summed E-state index contributed by atoms with van der Waals surface area (Å²) in [5.74, 6) is 0.277. The van der Waals surface area contributed by atoms with Crippen LogP contribution in [0.3, 0.4) is 0 Å². The Hall–Kier alpha value is -1.19. The summed E-state index contributed by atoms with van der Waals surface area (Å²) >= 11 is 0. The second-order valence-corrected chi connectivity index (χ2v) is 6.25. The fraction of sp³-hybridized carbons (Fsp3) is 0.632. The molecular formula is C19H29NO2. The van der Waals surface area contributed by atoms with Gasteiger partial charge in [0.2, 0.25) is 0 Å². The van der Waals surface area contributed by atoms with E-state index in [1.165, 1.54) is 0 Å². The van der Waals surface area contributed by atoms with Crippen LogP contribution in [0.15, 0.2) is 24.3 Å². The number of ether oxygens (including phenoxy) is 1. The van der Waals surface area contributed by atoms with Gasteiger partial charge in [0.15, 0.2) is 5.78 Å². The number of benzene rings is 1. The molecule has 3 nitrogen and oxygen atoms in total. The maximum Gasteiger partial charge on any atom is 0.163 e. The molecule has 0 unspecified atom stereocenters. The molecular weight excluding hydrogens is 274 g/mol. The van der Waals surface area contributed by atoms with E-state index in [1.807, 2.05) is 31.2 Å². The topological polar surface area (TPSA) is 29.5 Å². The molecule has 1 aromatic rings. The van der Waals surface area contributed by atoms with Crippen molar-refractivity contribution in [3.63, 3.8) is 0 Å². The lowest BCUT2D eigenvalue weighted by atomic mass is 10.0. The Bertz CT molecular complexity index is 464. The molecule has 0 atom stereocenters. The molecule has 1 aliphatic rings. The van der Waals surface area contributed by atoms with Crippen LogP contribution in [0.5, 0.6) is 0 Å². The number of aryl methyl sites for hydroxylation is 1. The van der Waals surface area contributed by atoms with Crippen molar-refractivity contribution in [2.24, 2.45) is 0 Å². The van der Waals surface area contributed by atoms with Crippen LogP contribution in [0.4, 0.5) is 0 Å². The lowest BCUT2D eigenvalue weighted by Gasteiger charge is -2.31. The first-order valence-corrected chi connectivity index (χ1v) is 8.63. The van der Waals surface area contributed by atoms with Crippen molar-refractivity contribution in [2.45, 2.75) is 52.1 Å². The highest BCUT2D eigenvalue weighted by Gasteiger charge is 2.19. The Morgan fingerprint density at radius 2 is 2.00 bits per heavy atom. The van der Waals surface area contributed by atoms with Crippen molar-refractivity contribution in [2.75, 3.05) is 26.2 Å². The van der Waals surface area contributed by atoms with E-state index in [0.717, 1.165) is 63.1 Å². The Morgan fingerprint density at radius 1 is 1.27 bits per heavy atom. The Labute approximate surface area is 134 Å². The van der Waals surface area contributed by atoms with Gasteiger partial charge in [-0.05, 0) is 44.7 Å². The van der Waals surface area contributed by atoms with Crippen molar-refractivity contribution in [3.05, 3.63) is 35.4 Å². The molecule has 0 amide bonds. The first-order valence-electron chi connectivity index (χ1n) is 8.63. The maximum absolute atomic E-state index is 12.2. The number of ketones is 1. The van der Waals surface area contributed by atoms with E-state index in [0.29, 0.717) is 12.5 Å². The number of likely N-dealkylation sites (tertiary alicyclic amines) is 1. The Kier molecular flexibility index (Phi) is 7.07. The summed E-state index contributed by atoms with van der Waals surface area (Å²) in [5.41, 5.74) is 1.97. The number of piperidine rings is 1. The molecule has 122 valence electrons. The van der Waals surface area contributed by atoms with Crippen molar-refractivity contribution in [3.8, 4) is 0 Å². The molecule has 0 bridgehead atoms. The second-order valence-electron chi connectivity index (χ2n) is 6.25. The fourth-order valence-electron chi connectivity index (χ4n) is 3.07. The highest BCUT2D eigenvalue weighted by Crippen LogP contribution is 2.16. The van der Waals surface area contributed by atoms with Crippen molar-refractivity contribution >= 4 is 5.78 Å². The summed E-state index contributed by atoms with van der Waals surface area (Å²) < 4.78 is 5.81. The predicted octanol–water partition coefficient (Wildman–Crippen LogP) is 3.85. The summed E-state index contributed by atoms with van der Waals surface area (Å²) in [5, 5.41) is 0. The number of nitrogens with zero attached hydrogens (tertiary/aromatic N) is 1. The highest BCUT2D eigenvalue weighted by atomic mass is 16.5. The van der Waals surface area contributed by atoms with Crippen molar-refractivity contribution < 1.29 is 9.53 Å². The van der Waals surface area contributed by atoms with Crippen LogP contribution in [-0.2, 0) is 4.74 Å². The molecule has 0 spiro atoms. The highest BCUT2D eigenvalue weighted by molar-refractivity contribution is 5.97. The summed E-state index contributed by atoms with van der Waals surface area (Å²) in [4.78, 5) is 14.7. The van der Waals surface area contributed by atoms with Gasteiger partial charge in [-0.15, -0.1) is 0 Å². The third-order valence-corrected chi connectivity index (χ3v) is 4.42. The van der Waals surface area contributed by atoms with E-state index in [2.05, 4.69) is 11.8 Å². The van der Waals surface area contributed by atoms with E-state index in [1.54, 1.807) is 0 Å². The third kappa shape index (κ3) is 5.22. The van der Waals surface area contributed by atoms with Crippen LogP contribution in [-0.4, -0.2) is 43.0 Å². The van der Waals surface area contributed by atoms with Crippen LogP contribution >= 0.6 is 0 Å².